The molecule has 2 N–H and O–H groups in total. The number of hydrogen-bond donors (Lipinski definition) is 2. The first-order valence-electron chi connectivity index (χ1n) is 9.37. The molecule has 0 fully saturated rings. The van der Waals surface area contributed by atoms with E-state index in [0.717, 1.165) is 17.7 Å². The number of methoxy groups -OCH3 is 1. The molecule has 1 heterocycles. The zero-order valence-corrected chi connectivity index (χ0v) is 16.2. The monoisotopic (exact) mass is 394 g/mol. The molecule has 0 aliphatic heterocycles. The minimum atomic E-state index is -0.288. The molecule has 29 heavy (non-hydrogen) atoms. The molecule has 1 amide bonds. The predicted octanol–water partition coefficient (Wildman–Crippen LogP) is 3.25. The summed E-state index contributed by atoms with van der Waals surface area (Å²) in [5.74, 6) is 0.885. The van der Waals surface area contributed by atoms with Crippen LogP contribution < -0.4 is 15.4 Å². The van der Waals surface area contributed by atoms with E-state index >= 15 is 0 Å². The van der Waals surface area contributed by atoms with Crippen molar-refractivity contribution in [1.82, 2.24) is 15.5 Å². The number of anilines is 1. The SMILES string of the molecule is COc1ccc(CCNc2ccc(C(=O)NCCc3ccc(F)cc3)nn2)cc1. The molecule has 0 spiro atoms. The number of aromatic nitrogens is 2. The molecule has 0 atom stereocenters. The van der Waals surface area contributed by atoms with E-state index in [1.807, 2.05) is 24.3 Å². The molecule has 0 unspecified atom stereocenters. The van der Waals surface area contributed by atoms with Crippen molar-refractivity contribution in [1.29, 1.82) is 0 Å². The maximum atomic E-state index is 12.9. The van der Waals surface area contributed by atoms with E-state index in [9.17, 15) is 9.18 Å². The van der Waals surface area contributed by atoms with Gasteiger partial charge in [-0.2, -0.15) is 0 Å². The number of nitrogens with one attached hydrogen (secondary N) is 2. The van der Waals surface area contributed by atoms with Gasteiger partial charge in [-0.1, -0.05) is 24.3 Å². The van der Waals surface area contributed by atoms with Crippen molar-refractivity contribution in [3.8, 4) is 5.75 Å². The first-order chi connectivity index (χ1) is 14.1. The molecule has 0 aliphatic rings. The van der Waals surface area contributed by atoms with Crippen LogP contribution >= 0.6 is 0 Å². The van der Waals surface area contributed by atoms with Gasteiger partial charge in [0.05, 0.1) is 7.11 Å². The van der Waals surface area contributed by atoms with E-state index < -0.39 is 0 Å². The minimum Gasteiger partial charge on any atom is -0.497 e. The van der Waals surface area contributed by atoms with Crippen molar-refractivity contribution >= 4 is 11.7 Å². The zero-order valence-electron chi connectivity index (χ0n) is 16.2. The second-order valence-corrected chi connectivity index (χ2v) is 6.46. The van der Waals surface area contributed by atoms with Gasteiger partial charge < -0.3 is 15.4 Å². The highest BCUT2D eigenvalue weighted by Gasteiger charge is 2.08. The third-order valence-corrected chi connectivity index (χ3v) is 4.39. The molecule has 3 rings (SSSR count). The highest BCUT2D eigenvalue weighted by atomic mass is 19.1. The number of amides is 1. The normalized spacial score (nSPS) is 10.4. The summed E-state index contributed by atoms with van der Waals surface area (Å²) >= 11 is 0. The summed E-state index contributed by atoms with van der Waals surface area (Å²) in [5.41, 5.74) is 2.39. The maximum absolute atomic E-state index is 12.9. The third-order valence-electron chi connectivity index (χ3n) is 4.39. The van der Waals surface area contributed by atoms with Crippen LogP contribution in [0.1, 0.15) is 21.6 Å². The standard InChI is InChI=1S/C22H23FN4O2/c1-29-19-8-4-17(5-9-19)12-14-24-21-11-10-20(26-27-21)22(28)25-15-13-16-2-6-18(23)7-3-16/h2-11H,12-15H2,1H3,(H,24,27)(H,25,28). The molecule has 0 saturated carbocycles. The van der Waals surface area contributed by atoms with Crippen molar-refractivity contribution in [2.45, 2.75) is 12.8 Å². The number of nitrogens with zero attached hydrogens (tertiary/aromatic N) is 2. The first kappa shape index (κ1) is 20.3. The Morgan fingerprint density at radius 3 is 2.17 bits per heavy atom. The van der Waals surface area contributed by atoms with Gasteiger partial charge in [0.2, 0.25) is 0 Å². The molecule has 7 heteroatoms. The van der Waals surface area contributed by atoms with Gasteiger partial charge in [0.25, 0.3) is 5.91 Å². The molecule has 2 aromatic carbocycles. The van der Waals surface area contributed by atoms with Crippen LogP contribution in [0.3, 0.4) is 0 Å². The number of halogens is 1. The van der Waals surface area contributed by atoms with Gasteiger partial charge in [-0.15, -0.1) is 10.2 Å². The Bertz CT molecular complexity index is 913. The van der Waals surface area contributed by atoms with Gasteiger partial charge in [0.15, 0.2) is 5.69 Å². The van der Waals surface area contributed by atoms with Crippen LogP contribution in [0.25, 0.3) is 0 Å². The summed E-state index contributed by atoms with van der Waals surface area (Å²) in [4.78, 5) is 12.1. The third kappa shape index (κ3) is 6.27. The van der Waals surface area contributed by atoms with E-state index in [1.165, 1.54) is 17.7 Å². The van der Waals surface area contributed by atoms with Crippen LogP contribution in [0, 0.1) is 5.82 Å². The summed E-state index contributed by atoms with van der Waals surface area (Å²) in [6.45, 7) is 1.14. The van der Waals surface area contributed by atoms with E-state index in [2.05, 4.69) is 20.8 Å². The molecule has 0 aliphatic carbocycles. The van der Waals surface area contributed by atoms with Crippen molar-refractivity contribution < 1.29 is 13.9 Å². The summed E-state index contributed by atoms with van der Waals surface area (Å²) < 4.78 is 18.0. The molecule has 3 aromatic rings. The van der Waals surface area contributed by atoms with Crippen molar-refractivity contribution in [2.24, 2.45) is 0 Å². The van der Waals surface area contributed by atoms with Crippen LogP contribution in [0.5, 0.6) is 5.75 Å². The summed E-state index contributed by atoms with van der Waals surface area (Å²) in [7, 11) is 1.64. The predicted molar refractivity (Wildman–Crippen MR) is 110 cm³/mol. The van der Waals surface area contributed by atoms with Gasteiger partial charge in [-0.05, 0) is 60.4 Å². The highest BCUT2D eigenvalue weighted by molar-refractivity contribution is 5.92. The number of carbonyl (C=O) groups is 1. The van der Waals surface area contributed by atoms with E-state index in [4.69, 9.17) is 4.74 Å². The van der Waals surface area contributed by atoms with Crippen molar-refractivity contribution in [2.75, 3.05) is 25.5 Å². The molecule has 0 saturated heterocycles. The van der Waals surface area contributed by atoms with E-state index in [0.29, 0.717) is 25.3 Å². The fraction of sp³-hybridized carbons (Fsp3) is 0.227. The average molecular weight is 394 g/mol. The van der Waals surface area contributed by atoms with Gasteiger partial charge in [-0.25, -0.2) is 4.39 Å². The molecule has 0 radical (unpaired) electrons. The second kappa shape index (κ2) is 10.2. The first-order valence-corrected chi connectivity index (χ1v) is 9.37. The van der Waals surface area contributed by atoms with Crippen LogP contribution in [-0.4, -0.2) is 36.3 Å². The van der Waals surface area contributed by atoms with Crippen molar-refractivity contribution in [3.05, 3.63) is 83.3 Å². The smallest absolute Gasteiger partial charge is 0.271 e. The number of ether oxygens (including phenoxy) is 1. The number of benzene rings is 2. The molecule has 0 bridgehead atoms. The topological polar surface area (TPSA) is 76.1 Å². The van der Waals surface area contributed by atoms with Gasteiger partial charge in [0, 0.05) is 13.1 Å². The number of rotatable bonds is 9. The van der Waals surface area contributed by atoms with Gasteiger partial charge >= 0.3 is 0 Å². The van der Waals surface area contributed by atoms with Gasteiger partial charge in [-0.3, -0.25) is 4.79 Å². The Morgan fingerprint density at radius 2 is 1.55 bits per heavy atom. The highest BCUT2D eigenvalue weighted by Crippen LogP contribution is 2.12. The Morgan fingerprint density at radius 1 is 0.897 bits per heavy atom. The average Bonchev–Trinajstić information content (AvgIpc) is 2.76. The van der Waals surface area contributed by atoms with Gasteiger partial charge in [0.1, 0.15) is 17.4 Å². The molecular weight excluding hydrogens is 371 g/mol. The number of hydrogen-bond acceptors (Lipinski definition) is 5. The van der Waals surface area contributed by atoms with E-state index in [1.54, 1.807) is 31.4 Å². The van der Waals surface area contributed by atoms with Crippen LogP contribution in [0.15, 0.2) is 60.7 Å². The fourth-order valence-corrected chi connectivity index (χ4v) is 2.74. The lowest BCUT2D eigenvalue weighted by molar-refractivity contribution is 0.0948. The summed E-state index contributed by atoms with van der Waals surface area (Å²) in [6.07, 6.45) is 1.45. The maximum Gasteiger partial charge on any atom is 0.271 e. The largest absolute Gasteiger partial charge is 0.497 e. The summed E-state index contributed by atoms with van der Waals surface area (Å²) in [5, 5.41) is 14.0. The fourth-order valence-electron chi connectivity index (χ4n) is 2.74. The Labute approximate surface area is 169 Å². The lowest BCUT2D eigenvalue weighted by Crippen LogP contribution is -2.26. The zero-order chi connectivity index (χ0) is 20.5. The van der Waals surface area contributed by atoms with E-state index in [-0.39, 0.29) is 17.4 Å². The van der Waals surface area contributed by atoms with Crippen molar-refractivity contribution in [3.63, 3.8) is 0 Å². The quantitative estimate of drug-likeness (QED) is 0.583. The molecule has 150 valence electrons. The summed E-state index contributed by atoms with van der Waals surface area (Å²) in [6, 6.07) is 17.5. The molecule has 1 aromatic heterocycles. The van der Waals surface area contributed by atoms with Crippen LogP contribution in [-0.2, 0) is 12.8 Å². The minimum absolute atomic E-state index is 0.254. The lowest BCUT2D eigenvalue weighted by atomic mass is 10.1. The van der Waals surface area contributed by atoms with Crippen LogP contribution in [0.4, 0.5) is 10.2 Å². The Balaban J connectivity index is 1.41. The lowest BCUT2D eigenvalue weighted by Gasteiger charge is -2.07. The Hall–Kier alpha value is -3.48. The second-order valence-electron chi connectivity index (χ2n) is 6.46. The molecule has 6 nitrogen and oxygen atoms in total. The Kier molecular flexibility index (Phi) is 7.10. The molecular formula is C22H23FN4O2. The van der Waals surface area contributed by atoms with Crippen LogP contribution in [0.2, 0.25) is 0 Å². The number of carbonyl (C=O) groups excluding carboxylic acids is 1.